The lowest BCUT2D eigenvalue weighted by Crippen LogP contribution is -2.64. The maximum atomic E-state index is 13.4. The molecule has 1 saturated heterocycles. The Labute approximate surface area is 195 Å². The average molecular weight is 507 g/mol. The summed E-state index contributed by atoms with van der Waals surface area (Å²) in [4.78, 5) is 46.5. The highest BCUT2D eigenvalue weighted by Crippen LogP contribution is 2.34. The molecule has 1 aromatic rings. The lowest BCUT2D eigenvalue weighted by molar-refractivity contribution is -0.238. The molecule has 0 amide bonds. The van der Waals surface area contributed by atoms with Gasteiger partial charge in [-0.05, 0) is 24.3 Å². The standard InChI is InChI=1S/C20H23ClO11S/c1-10(22)28-9-16-17(29-11(2)23)18(30-12(3)24)19(31-13(4)25)20(32-16)33(26,27)15-7-5-14(21)6-8-15/h5-8,16-20H,9H2,1-4H3/t16-,17-,18+,19+,20-/m1/s1. The zero-order valence-corrected chi connectivity index (χ0v) is 19.8. The van der Waals surface area contributed by atoms with Gasteiger partial charge >= 0.3 is 23.9 Å². The lowest BCUT2D eigenvalue weighted by atomic mass is 9.99. The molecule has 1 aliphatic rings. The summed E-state index contributed by atoms with van der Waals surface area (Å²) in [6.45, 7) is 3.68. The minimum atomic E-state index is -4.40. The van der Waals surface area contributed by atoms with Gasteiger partial charge in [0.2, 0.25) is 15.3 Å². The van der Waals surface area contributed by atoms with E-state index in [2.05, 4.69) is 0 Å². The van der Waals surface area contributed by atoms with Gasteiger partial charge in [-0.3, -0.25) is 19.2 Å². The Morgan fingerprint density at radius 2 is 1.30 bits per heavy atom. The minimum Gasteiger partial charge on any atom is -0.463 e. The number of benzene rings is 1. The molecule has 0 aromatic heterocycles. The van der Waals surface area contributed by atoms with Crippen LogP contribution >= 0.6 is 11.6 Å². The van der Waals surface area contributed by atoms with Crippen LogP contribution in [0.15, 0.2) is 29.2 Å². The van der Waals surface area contributed by atoms with Gasteiger partial charge in [-0.1, -0.05) is 11.6 Å². The van der Waals surface area contributed by atoms with Crippen LogP contribution in [-0.4, -0.2) is 68.8 Å². The highest BCUT2D eigenvalue weighted by Gasteiger charge is 2.56. The van der Waals surface area contributed by atoms with E-state index in [0.717, 1.165) is 27.7 Å². The summed E-state index contributed by atoms with van der Waals surface area (Å²) in [6.07, 6.45) is -6.13. The fourth-order valence-electron chi connectivity index (χ4n) is 3.20. The van der Waals surface area contributed by atoms with Crippen molar-refractivity contribution in [2.24, 2.45) is 0 Å². The predicted molar refractivity (Wildman–Crippen MR) is 111 cm³/mol. The maximum absolute atomic E-state index is 13.4. The van der Waals surface area contributed by atoms with E-state index in [1.165, 1.54) is 24.3 Å². The molecule has 0 aliphatic carbocycles. The molecule has 5 atom stereocenters. The average Bonchev–Trinajstić information content (AvgIpc) is 2.68. The molecule has 0 bridgehead atoms. The molecule has 13 heteroatoms. The number of sulfone groups is 1. The topological polar surface area (TPSA) is 149 Å². The quantitative estimate of drug-likeness (QED) is 0.387. The van der Waals surface area contributed by atoms with E-state index in [9.17, 15) is 27.6 Å². The molecule has 1 aliphatic heterocycles. The van der Waals surface area contributed by atoms with Gasteiger partial charge in [-0.2, -0.15) is 0 Å². The van der Waals surface area contributed by atoms with E-state index in [1.54, 1.807) is 0 Å². The molecule has 0 radical (unpaired) electrons. The van der Waals surface area contributed by atoms with Crippen LogP contribution in [0.5, 0.6) is 0 Å². The smallest absolute Gasteiger partial charge is 0.303 e. The molecule has 1 aromatic carbocycles. The van der Waals surface area contributed by atoms with Gasteiger partial charge in [-0.25, -0.2) is 8.42 Å². The third-order valence-electron chi connectivity index (χ3n) is 4.40. The van der Waals surface area contributed by atoms with Crippen LogP contribution < -0.4 is 0 Å². The van der Waals surface area contributed by atoms with Gasteiger partial charge in [0.05, 0.1) is 4.90 Å². The number of hydrogen-bond donors (Lipinski definition) is 0. The first-order valence-corrected chi connectivity index (χ1v) is 11.5. The third-order valence-corrected chi connectivity index (χ3v) is 6.57. The van der Waals surface area contributed by atoms with Crippen molar-refractivity contribution in [3.05, 3.63) is 29.3 Å². The Morgan fingerprint density at radius 1 is 0.818 bits per heavy atom. The highest BCUT2D eigenvalue weighted by molar-refractivity contribution is 7.92. The van der Waals surface area contributed by atoms with Crippen molar-refractivity contribution in [3.63, 3.8) is 0 Å². The zero-order valence-electron chi connectivity index (χ0n) is 18.2. The summed E-state index contributed by atoms with van der Waals surface area (Å²) in [6, 6.07) is 5.09. The number of rotatable bonds is 7. The Hall–Kier alpha value is -2.70. The van der Waals surface area contributed by atoms with Gasteiger partial charge in [0.1, 0.15) is 12.7 Å². The number of carbonyl (C=O) groups excluding carboxylic acids is 4. The van der Waals surface area contributed by atoms with Gasteiger partial charge < -0.3 is 23.7 Å². The summed E-state index contributed by atoms with van der Waals surface area (Å²) in [5, 5.41) is 0.274. The van der Waals surface area contributed by atoms with Crippen molar-refractivity contribution in [1.82, 2.24) is 0 Å². The molecule has 1 fully saturated rings. The third kappa shape index (κ3) is 6.89. The van der Waals surface area contributed by atoms with Crippen LogP contribution in [0.4, 0.5) is 0 Å². The zero-order chi connectivity index (χ0) is 24.9. The van der Waals surface area contributed by atoms with E-state index in [0.29, 0.717) is 0 Å². The van der Waals surface area contributed by atoms with Crippen molar-refractivity contribution in [3.8, 4) is 0 Å². The van der Waals surface area contributed by atoms with Gasteiger partial charge in [-0.15, -0.1) is 0 Å². The molecule has 2 rings (SSSR count). The van der Waals surface area contributed by atoms with Crippen molar-refractivity contribution in [2.75, 3.05) is 6.61 Å². The van der Waals surface area contributed by atoms with Crippen molar-refractivity contribution in [1.29, 1.82) is 0 Å². The van der Waals surface area contributed by atoms with Gasteiger partial charge in [0.15, 0.2) is 18.3 Å². The number of hydrogen-bond acceptors (Lipinski definition) is 11. The summed E-state index contributed by atoms with van der Waals surface area (Å²) < 4.78 is 53.1. The van der Waals surface area contributed by atoms with Crippen molar-refractivity contribution in [2.45, 2.75) is 62.4 Å². The fraction of sp³-hybridized carbons (Fsp3) is 0.500. The highest BCUT2D eigenvalue weighted by atomic mass is 35.5. The molecule has 11 nitrogen and oxygen atoms in total. The summed E-state index contributed by atoms with van der Waals surface area (Å²) in [5.41, 5.74) is -1.90. The molecule has 0 saturated carbocycles. The molecule has 1 heterocycles. The second kappa shape index (κ2) is 10.9. The molecular weight excluding hydrogens is 484 g/mol. The van der Waals surface area contributed by atoms with Crippen LogP contribution in [0.1, 0.15) is 27.7 Å². The van der Waals surface area contributed by atoms with E-state index >= 15 is 0 Å². The Balaban J connectivity index is 2.62. The van der Waals surface area contributed by atoms with Crippen LogP contribution in [-0.2, 0) is 52.7 Å². The fourth-order valence-corrected chi connectivity index (χ4v) is 4.96. The largest absolute Gasteiger partial charge is 0.463 e. The van der Waals surface area contributed by atoms with Gasteiger partial charge in [0, 0.05) is 32.7 Å². The van der Waals surface area contributed by atoms with Crippen LogP contribution in [0, 0.1) is 0 Å². The molecule has 0 N–H and O–H groups in total. The molecule has 0 unspecified atom stereocenters. The second-order valence-corrected chi connectivity index (χ2v) is 9.53. The molecular formula is C20H23ClO11S. The van der Waals surface area contributed by atoms with Crippen LogP contribution in [0.3, 0.4) is 0 Å². The maximum Gasteiger partial charge on any atom is 0.303 e. The molecule has 0 spiro atoms. The number of halogens is 1. The van der Waals surface area contributed by atoms with E-state index in [4.69, 9.17) is 35.3 Å². The first-order valence-electron chi connectivity index (χ1n) is 9.63. The van der Waals surface area contributed by atoms with Gasteiger partial charge in [0.25, 0.3) is 0 Å². The SMILES string of the molecule is CC(=O)OC[C@H]1O[C@H](S(=O)(=O)c2ccc(Cl)cc2)[C@@H](OC(C)=O)[C@@H](OC(C)=O)[C@@H]1OC(C)=O. The summed E-state index contributed by atoms with van der Waals surface area (Å²) in [7, 11) is -4.40. The first-order chi connectivity index (χ1) is 15.3. The van der Waals surface area contributed by atoms with Crippen LogP contribution in [0.2, 0.25) is 5.02 Å². The summed E-state index contributed by atoms with van der Waals surface area (Å²) >= 11 is 5.84. The molecule has 182 valence electrons. The Morgan fingerprint density at radius 3 is 1.79 bits per heavy atom. The summed E-state index contributed by atoms with van der Waals surface area (Å²) in [5.74, 6) is -3.32. The normalized spacial score (nSPS) is 24.9. The van der Waals surface area contributed by atoms with E-state index in [-0.39, 0.29) is 9.92 Å². The predicted octanol–water partition coefficient (Wildman–Crippen LogP) is 1.20. The van der Waals surface area contributed by atoms with Crippen LogP contribution in [0.25, 0.3) is 0 Å². The van der Waals surface area contributed by atoms with Crippen molar-refractivity contribution < 1.29 is 51.3 Å². The number of esters is 4. The lowest BCUT2D eigenvalue weighted by Gasteiger charge is -2.43. The first kappa shape index (κ1) is 26.6. The van der Waals surface area contributed by atoms with E-state index in [1.807, 2.05) is 0 Å². The second-order valence-electron chi connectivity index (χ2n) is 7.07. The van der Waals surface area contributed by atoms with Crippen molar-refractivity contribution >= 4 is 45.3 Å². The molecule has 33 heavy (non-hydrogen) atoms. The Kier molecular flexibility index (Phi) is 8.81. The van der Waals surface area contributed by atoms with E-state index < -0.39 is 70.2 Å². The Bertz CT molecular complexity index is 1010. The number of carbonyl (C=O) groups is 4. The monoisotopic (exact) mass is 506 g/mol. The number of ether oxygens (including phenoxy) is 5. The minimum absolute atomic E-state index is 0.229.